The van der Waals surface area contributed by atoms with Crippen LogP contribution in [0.5, 0.6) is 0 Å². The Hall–Kier alpha value is -3.50. The van der Waals surface area contributed by atoms with E-state index in [1.807, 2.05) is 60.4 Å². The molecule has 1 aliphatic heterocycles. The largest absolute Gasteiger partial charge is 0.322 e. The summed E-state index contributed by atoms with van der Waals surface area (Å²) in [7, 11) is 0. The smallest absolute Gasteiger partial charge is 0.318 e. The van der Waals surface area contributed by atoms with Gasteiger partial charge in [-0.1, -0.05) is 60.1 Å². The highest BCUT2D eigenvalue weighted by Gasteiger charge is 2.33. The van der Waals surface area contributed by atoms with Gasteiger partial charge in [0.15, 0.2) is 0 Å². The van der Waals surface area contributed by atoms with E-state index in [4.69, 9.17) is 11.6 Å². The molecule has 1 aliphatic rings. The van der Waals surface area contributed by atoms with Crippen LogP contribution in [-0.2, 0) is 6.54 Å². The monoisotopic (exact) mass is 441 g/mol. The first-order valence-corrected chi connectivity index (χ1v) is 11.1. The van der Waals surface area contributed by atoms with Gasteiger partial charge in [-0.3, -0.25) is 0 Å². The Labute approximate surface area is 193 Å². The van der Waals surface area contributed by atoms with Crippen molar-refractivity contribution < 1.29 is 4.79 Å². The number of para-hydroxylation sites is 1. The Morgan fingerprint density at radius 3 is 2.56 bits per heavy atom. The first kappa shape index (κ1) is 20.4. The van der Waals surface area contributed by atoms with Crippen LogP contribution in [0.3, 0.4) is 0 Å². The lowest BCUT2D eigenvalue weighted by Gasteiger charge is -2.32. The minimum atomic E-state index is -0.238. The lowest BCUT2D eigenvalue weighted by atomic mass is 9.97. The van der Waals surface area contributed by atoms with Gasteiger partial charge in [-0.05, 0) is 66.4 Å². The number of hydrogen-bond donors (Lipinski definition) is 1. The van der Waals surface area contributed by atoms with Crippen LogP contribution in [0.1, 0.15) is 34.0 Å². The van der Waals surface area contributed by atoms with E-state index in [0.717, 1.165) is 39.3 Å². The van der Waals surface area contributed by atoms with Crippen LogP contribution in [0.2, 0.25) is 5.02 Å². The molecular weight excluding hydrogens is 418 g/mol. The Morgan fingerprint density at radius 1 is 0.938 bits per heavy atom. The van der Waals surface area contributed by atoms with Gasteiger partial charge in [0.05, 0.1) is 12.2 Å². The molecule has 5 heteroatoms. The van der Waals surface area contributed by atoms with Crippen LogP contribution in [0.25, 0.3) is 5.69 Å². The molecule has 32 heavy (non-hydrogen) atoms. The van der Waals surface area contributed by atoms with Crippen molar-refractivity contribution in [1.29, 1.82) is 0 Å². The summed E-state index contributed by atoms with van der Waals surface area (Å²) in [5.41, 5.74) is 7.08. The lowest BCUT2D eigenvalue weighted by Crippen LogP contribution is -2.38. The predicted molar refractivity (Wildman–Crippen MR) is 130 cm³/mol. The van der Waals surface area contributed by atoms with Crippen LogP contribution in [0, 0.1) is 13.8 Å². The van der Waals surface area contributed by atoms with Gasteiger partial charge in [0, 0.05) is 22.6 Å². The zero-order valence-corrected chi connectivity index (χ0v) is 18.8. The maximum atomic E-state index is 13.8. The quantitative estimate of drug-likeness (QED) is 0.361. The molecule has 0 bridgehead atoms. The minimum absolute atomic E-state index is 0.159. The number of halogens is 1. The number of fused-ring (bicyclic) bond motifs is 3. The maximum Gasteiger partial charge on any atom is 0.322 e. The summed E-state index contributed by atoms with van der Waals surface area (Å²) < 4.78 is 2.20. The molecule has 0 spiro atoms. The number of carbonyl (C=O) groups is 1. The minimum Gasteiger partial charge on any atom is -0.318 e. The number of aromatic nitrogens is 1. The van der Waals surface area contributed by atoms with E-state index in [0.29, 0.717) is 11.6 Å². The molecule has 0 fully saturated rings. The van der Waals surface area contributed by atoms with Gasteiger partial charge < -0.3 is 14.8 Å². The van der Waals surface area contributed by atoms with Gasteiger partial charge in [-0.25, -0.2) is 4.79 Å². The molecule has 1 atom stereocenters. The van der Waals surface area contributed by atoms with Crippen LogP contribution in [0.15, 0.2) is 85.1 Å². The van der Waals surface area contributed by atoms with E-state index in [9.17, 15) is 4.79 Å². The Kier molecular flexibility index (Phi) is 5.24. The summed E-state index contributed by atoms with van der Waals surface area (Å²) in [4.78, 5) is 15.7. The van der Waals surface area contributed by atoms with E-state index in [-0.39, 0.29) is 12.1 Å². The Morgan fingerprint density at radius 2 is 1.72 bits per heavy atom. The molecule has 4 nitrogen and oxygen atoms in total. The Balaban J connectivity index is 1.66. The number of nitrogens with zero attached hydrogens (tertiary/aromatic N) is 2. The molecule has 0 saturated carbocycles. The number of carbonyl (C=O) groups excluding carboxylic acids is 1. The molecule has 4 aromatic rings. The number of hydrogen-bond acceptors (Lipinski definition) is 1. The van der Waals surface area contributed by atoms with Gasteiger partial charge >= 0.3 is 6.03 Å². The summed E-state index contributed by atoms with van der Waals surface area (Å²) in [6, 6.07) is 25.8. The van der Waals surface area contributed by atoms with Gasteiger partial charge in [-0.2, -0.15) is 0 Å². The number of urea groups is 1. The predicted octanol–water partition coefficient (Wildman–Crippen LogP) is 6.88. The van der Waals surface area contributed by atoms with E-state index in [1.165, 1.54) is 0 Å². The highest BCUT2D eigenvalue weighted by Crippen LogP contribution is 2.38. The van der Waals surface area contributed by atoms with Crippen molar-refractivity contribution in [2.75, 3.05) is 5.32 Å². The van der Waals surface area contributed by atoms with Crippen LogP contribution in [-0.4, -0.2) is 15.5 Å². The zero-order chi connectivity index (χ0) is 22.2. The molecule has 1 N–H and O–H groups in total. The number of benzene rings is 3. The SMILES string of the molecule is Cc1ccccc1C1c2cccn2-c2ccccc2CN1C(=O)Nc1cccc(Cl)c1C. The Bertz CT molecular complexity index is 1310. The van der Waals surface area contributed by atoms with Crippen molar-refractivity contribution in [1.82, 2.24) is 9.47 Å². The topological polar surface area (TPSA) is 37.3 Å². The van der Waals surface area contributed by atoms with Crippen LogP contribution in [0.4, 0.5) is 10.5 Å². The van der Waals surface area contributed by atoms with E-state index in [2.05, 4.69) is 53.3 Å². The molecule has 0 saturated heterocycles. The van der Waals surface area contributed by atoms with Crippen LogP contribution >= 0.6 is 11.6 Å². The normalized spacial score (nSPS) is 15.0. The van der Waals surface area contributed by atoms with Gasteiger partial charge in [0.25, 0.3) is 0 Å². The third-order valence-corrected chi connectivity index (χ3v) is 6.63. The summed E-state index contributed by atoms with van der Waals surface area (Å²) in [6.07, 6.45) is 2.07. The molecule has 1 aromatic heterocycles. The average molecular weight is 442 g/mol. The molecule has 2 heterocycles. The standard InChI is InChI=1S/C27H24ClN3O/c1-18-9-3-5-11-21(18)26-25-15-8-16-30(25)24-14-6-4-10-20(24)17-31(26)27(32)29-23-13-7-12-22(28)19(23)2/h3-16,26H,17H2,1-2H3,(H,29,32). The van der Waals surface area contributed by atoms with Gasteiger partial charge in [-0.15, -0.1) is 0 Å². The third-order valence-electron chi connectivity index (χ3n) is 6.22. The summed E-state index contributed by atoms with van der Waals surface area (Å²) in [5.74, 6) is 0. The van der Waals surface area contributed by atoms with Crippen molar-refractivity contribution >= 4 is 23.3 Å². The number of anilines is 1. The van der Waals surface area contributed by atoms with Crippen molar-refractivity contribution in [3.8, 4) is 5.69 Å². The molecule has 5 rings (SSSR count). The fraction of sp³-hybridized carbons (Fsp3) is 0.148. The van der Waals surface area contributed by atoms with Crippen molar-refractivity contribution in [2.24, 2.45) is 0 Å². The van der Waals surface area contributed by atoms with Gasteiger partial charge in [0.2, 0.25) is 0 Å². The fourth-order valence-corrected chi connectivity index (χ4v) is 4.66. The third kappa shape index (κ3) is 3.47. The molecular formula is C27H24ClN3O. The lowest BCUT2D eigenvalue weighted by molar-refractivity contribution is 0.194. The van der Waals surface area contributed by atoms with Crippen LogP contribution < -0.4 is 5.32 Å². The van der Waals surface area contributed by atoms with Crippen molar-refractivity contribution in [2.45, 2.75) is 26.4 Å². The van der Waals surface area contributed by atoms with Gasteiger partial charge in [0.1, 0.15) is 6.04 Å². The summed E-state index contributed by atoms with van der Waals surface area (Å²) in [5, 5.41) is 3.75. The molecule has 0 radical (unpaired) electrons. The number of aryl methyl sites for hydroxylation is 1. The number of nitrogens with one attached hydrogen (secondary N) is 1. The molecule has 0 aliphatic carbocycles. The van der Waals surface area contributed by atoms with Crippen molar-refractivity contribution in [3.63, 3.8) is 0 Å². The second-order valence-electron chi connectivity index (χ2n) is 8.16. The highest BCUT2D eigenvalue weighted by molar-refractivity contribution is 6.31. The molecule has 1 unspecified atom stereocenters. The van der Waals surface area contributed by atoms with E-state index >= 15 is 0 Å². The summed E-state index contributed by atoms with van der Waals surface area (Å²) in [6.45, 7) is 4.50. The average Bonchev–Trinajstić information content (AvgIpc) is 3.22. The highest BCUT2D eigenvalue weighted by atomic mass is 35.5. The molecule has 160 valence electrons. The van der Waals surface area contributed by atoms with Crippen molar-refractivity contribution in [3.05, 3.63) is 118 Å². The number of amides is 2. The second kappa shape index (κ2) is 8.21. The van der Waals surface area contributed by atoms with E-state index < -0.39 is 0 Å². The molecule has 2 amide bonds. The second-order valence-corrected chi connectivity index (χ2v) is 8.57. The molecule has 3 aromatic carbocycles. The maximum absolute atomic E-state index is 13.8. The first-order chi connectivity index (χ1) is 15.5. The summed E-state index contributed by atoms with van der Waals surface area (Å²) >= 11 is 6.31. The van der Waals surface area contributed by atoms with E-state index in [1.54, 1.807) is 0 Å². The fourth-order valence-electron chi connectivity index (χ4n) is 4.49. The number of rotatable bonds is 2. The zero-order valence-electron chi connectivity index (χ0n) is 18.0. The first-order valence-electron chi connectivity index (χ1n) is 10.7.